The van der Waals surface area contributed by atoms with Crippen molar-refractivity contribution in [2.24, 2.45) is 0 Å². The van der Waals surface area contributed by atoms with Gasteiger partial charge in [0.1, 0.15) is 11.9 Å². The Morgan fingerprint density at radius 3 is 2.50 bits per heavy atom. The molecule has 0 amide bonds. The smallest absolute Gasteiger partial charge is 0.337 e. The molecular formula is C11H12O6S. The lowest BCUT2D eigenvalue weighted by atomic mass is 10.1. The molecule has 2 rings (SSSR count). The molecule has 7 heteroatoms. The second-order valence-corrected chi connectivity index (χ2v) is 6.25. The van der Waals surface area contributed by atoms with Crippen molar-refractivity contribution in [1.82, 2.24) is 0 Å². The van der Waals surface area contributed by atoms with Gasteiger partial charge in [0.05, 0.1) is 11.5 Å². The largest absolute Gasteiger partial charge is 0.488 e. The van der Waals surface area contributed by atoms with E-state index in [1.807, 2.05) is 0 Å². The molecule has 1 aliphatic heterocycles. The Morgan fingerprint density at radius 1 is 1.33 bits per heavy atom. The molecule has 6 nitrogen and oxygen atoms in total. The van der Waals surface area contributed by atoms with Crippen LogP contribution in [0.25, 0.3) is 0 Å². The summed E-state index contributed by atoms with van der Waals surface area (Å²) >= 11 is 0. The summed E-state index contributed by atoms with van der Waals surface area (Å²) in [7, 11) is -3.00. The Labute approximate surface area is 104 Å². The third kappa shape index (κ3) is 2.62. The summed E-state index contributed by atoms with van der Waals surface area (Å²) in [4.78, 5) is 10.7. The highest BCUT2D eigenvalue weighted by Crippen LogP contribution is 2.28. The van der Waals surface area contributed by atoms with E-state index in [2.05, 4.69) is 0 Å². The molecule has 1 aromatic carbocycles. The minimum atomic E-state index is -3.00. The maximum absolute atomic E-state index is 11.0. The zero-order chi connectivity index (χ0) is 13.3. The number of hydrogen-bond acceptors (Lipinski definition) is 5. The minimum Gasteiger partial charge on any atom is -0.488 e. The summed E-state index contributed by atoms with van der Waals surface area (Å²) in [6.07, 6.45) is -2.16. The monoisotopic (exact) mass is 272 g/mol. The molecule has 1 unspecified atom stereocenters. The van der Waals surface area contributed by atoms with E-state index in [9.17, 15) is 18.3 Å². The predicted molar refractivity (Wildman–Crippen MR) is 62.1 cm³/mol. The van der Waals surface area contributed by atoms with Crippen LogP contribution in [0.15, 0.2) is 24.3 Å². The normalized spacial score (nSPS) is 19.8. The number of hydrogen-bond donors (Lipinski definition) is 2. The Kier molecular flexibility index (Phi) is 3.27. The SMILES string of the molecule is O=C(O)C(O)c1ccccc1OC1CS(=O)(=O)C1. The van der Waals surface area contributed by atoms with E-state index < -0.39 is 28.0 Å². The summed E-state index contributed by atoms with van der Waals surface area (Å²) in [5.74, 6) is -1.34. The van der Waals surface area contributed by atoms with Gasteiger partial charge in [-0.2, -0.15) is 0 Å². The van der Waals surface area contributed by atoms with Gasteiger partial charge in [0.25, 0.3) is 0 Å². The van der Waals surface area contributed by atoms with Gasteiger partial charge in [-0.15, -0.1) is 0 Å². The van der Waals surface area contributed by atoms with Crippen molar-refractivity contribution in [2.75, 3.05) is 11.5 Å². The van der Waals surface area contributed by atoms with Crippen molar-refractivity contribution in [2.45, 2.75) is 12.2 Å². The number of aliphatic hydroxyl groups is 1. The first-order valence-corrected chi connectivity index (χ1v) is 7.08. The minimum absolute atomic E-state index is 0.0789. The molecule has 0 aromatic heterocycles. The Bertz CT molecular complexity index is 553. The first-order chi connectivity index (χ1) is 8.39. The van der Waals surface area contributed by atoms with Crippen molar-refractivity contribution in [1.29, 1.82) is 0 Å². The van der Waals surface area contributed by atoms with Crippen LogP contribution in [0.2, 0.25) is 0 Å². The molecule has 0 aliphatic carbocycles. The van der Waals surface area contributed by atoms with E-state index in [0.717, 1.165) is 0 Å². The lowest BCUT2D eigenvalue weighted by molar-refractivity contribution is -0.147. The van der Waals surface area contributed by atoms with Gasteiger partial charge in [0, 0.05) is 5.56 Å². The van der Waals surface area contributed by atoms with E-state index in [-0.39, 0.29) is 22.8 Å². The molecule has 2 N–H and O–H groups in total. The van der Waals surface area contributed by atoms with E-state index in [4.69, 9.17) is 9.84 Å². The van der Waals surface area contributed by atoms with Crippen LogP contribution in [0.5, 0.6) is 5.75 Å². The van der Waals surface area contributed by atoms with E-state index >= 15 is 0 Å². The summed E-state index contributed by atoms with van der Waals surface area (Å²) in [5.41, 5.74) is 0.120. The molecule has 0 bridgehead atoms. The number of carboxylic acid groups (broad SMARTS) is 1. The molecule has 98 valence electrons. The summed E-state index contributed by atoms with van der Waals surface area (Å²) in [5, 5.41) is 18.2. The standard InChI is InChI=1S/C11H12O6S/c12-10(11(13)14)8-3-1-2-4-9(8)17-7-5-18(15,16)6-7/h1-4,7,10,12H,5-6H2,(H,13,14). The number of rotatable bonds is 4. The zero-order valence-corrected chi connectivity index (χ0v) is 10.1. The highest BCUT2D eigenvalue weighted by molar-refractivity contribution is 7.92. The van der Waals surface area contributed by atoms with Crippen molar-refractivity contribution in [3.05, 3.63) is 29.8 Å². The Hall–Kier alpha value is -1.60. The maximum atomic E-state index is 11.0. The fraction of sp³-hybridized carbons (Fsp3) is 0.364. The van der Waals surface area contributed by atoms with Gasteiger partial charge in [-0.3, -0.25) is 0 Å². The van der Waals surface area contributed by atoms with Gasteiger partial charge in [-0.1, -0.05) is 18.2 Å². The second-order valence-electron chi connectivity index (χ2n) is 4.10. The zero-order valence-electron chi connectivity index (χ0n) is 9.31. The number of sulfone groups is 1. The number of ether oxygens (including phenoxy) is 1. The highest BCUT2D eigenvalue weighted by atomic mass is 32.2. The van der Waals surface area contributed by atoms with Gasteiger partial charge in [0.2, 0.25) is 0 Å². The number of carboxylic acids is 1. The van der Waals surface area contributed by atoms with Crippen LogP contribution in [-0.2, 0) is 14.6 Å². The lowest BCUT2D eigenvalue weighted by Gasteiger charge is -2.27. The van der Waals surface area contributed by atoms with Gasteiger partial charge >= 0.3 is 5.97 Å². The quantitative estimate of drug-likeness (QED) is 0.799. The Balaban J connectivity index is 2.16. The molecule has 1 aromatic rings. The van der Waals surface area contributed by atoms with E-state index in [1.54, 1.807) is 12.1 Å². The first-order valence-electron chi connectivity index (χ1n) is 5.26. The molecule has 0 radical (unpaired) electrons. The van der Waals surface area contributed by atoms with Crippen LogP contribution in [-0.4, -0.2) is 42.2 Å². The molecule has 1 atom stereocenters. The van der Waals surface area contributed by atoms with Gasteiger partial charge in [0.15, 0.2) is 15.9 Å². The molecule has 1 saturated heterocycles. The van der Waals surface area contributed by atoms with Crippen LogP contribution in [0, 0.1) is 0 Å². The second kappa shape index (κ2) is 4.58. The molecule has 1 aliphatic rings. The summed E-state index contributed by atoms with van der Waals surface area (Å²) in [6.45, 7) is 0. The van der Waals surface area contributed by atoms with Crippen LogP contribution in [0.3, 0.4) is 0 Å². The number of carbonyl (C=O) groups is 1. The van der Waals surface area contributed by atoms with Crippen LogP contribution in [0.4, 0.5) is 0 Å². The lowest BCUT2D eigenvalue weighted by Crippen LogP contribution is -2.45. The molecule has 0 saturated carbocycles. The average molecular weight is 272 g/mol. The summed E-state index contributed by atoms with van der Waals surface area (Å²) < 4.78 is 27.4. The van der Waals surface area contributed by atoms with Gasteiger partial charge in [-0.05, 0) is 6.07 Å². The fourth-order valence-electron chi connectivity index (χ4n) is 1.71. The van der Waals surface area contributed by atoms with Crippen molar-refractivity contribution >= 4 is 15.8 Å². The van der Waals surface area contributed by atoms with Crippen LogP contribution >= 0.6 is 0 Å². The molecule has 1 fully saturated rings. The van der Waals surface area contributed by atoms with Crippen LogP contribution < -0.4 is 4.74 Å². The van der Waals surface area contributed by atoms with Gasteiger partial charge < -0.3 is 14.9 Å². The number of aliphatic hydroxyl groups excluding tert-OH is 1. The Morgan fingerprint density at radius 2 is 1.94 bits per heavy atom. The topological polar surface area (TPSA) is 101 Å². The first kappa shape index (κ1) is 12.8. The predicted octanol–water partition coefficient (Wildman–Crippen LogP) is -0.0196. The van der Waals surface area contributed by atoms with E-state index in [1.165, 1.54) is 12.1 Å². The maximum Gasteiger partial charge on any atom is 0.337 e. The third-order valence-electron chi connectivity index (χ3n) is 2.62. The van der Waals surface area contributed by atoms with Crippen molar-refractivity contribution in [3.63, 3.8) is 0 Å². The third-order valence-corrected chi connectivity index (χ3v) is 4.38. The molecule has 1 heterocycles. The summed E-state index contributed by atoms with van der Waals surface area (Å²) in [6, 6.07) is 6.14. The molecular weight excluding hydrogens is 260 g/mol. The fourth-order valence-corrected chi connectivity index (χ4v) is 2.88. The highest BCUT2D eigenvalue weighted by Gasteiger charge is 2.36. The molecule has 18 heavy (non-hydrogen) atoms. The van der Waals surface area contributed by atoms with Crippen molar-refractivity contribution in [3.8, 4) is 5.75 Å². The van der Waals surface area contributed by atoms with Crippen molar-refractivity contribution < 1.29 is 28.2 Å². The van der Waals surface area contributed by atoms with Gasteiger partial charge in [-0.25, -0.2) is 13.2 Å². The van der Waals surface area contributed by atoms with E-state index in [0.29, 0.717) is 0 Å². The average Bonchev–Trinajstić information content (AvgIpc) is 2.26. The molecule has 0 spiro atoms. The van der Waals surface area contributed by atoms with Crippen LogP contribution in [0.1, 0.15) is 11.7 Å². The number of aliphatic carboxylic acids is 1. The number of benzene rings is 1. The number of para-hydroxylation sites is 1.